The SMILES string of the molecule is [Br-].c1ccc(-c2cn3ccccc3n2)cc1. The molecule has 3 aromatic rings. The van der Waals surface area contributed by atoms with Gasteiger partial charge in [-0.2, -0.15) is 0 Å². The molecule has 0 atom stereocenters. The highest BCUT2D eigenvalue weighted by molar-refractivity contribution is 5.62. The van der Waals surface area contributed by atoms with Crippen molar-refractivity contribution in [3.8, 4) is 11.3 Å². The third-order valence-electron chi connectivity index (χ3n) is 2.43. The fourth-order valence-electron chi connectivity index (χ4n) is 1.68. The third-order valence-corrected chi connectivity index (χ3v) is 2.43. The number of hydrogen-bond donors (Lipinski definition) is 0. The van der Waals surface area contributed by atoms with E-state index in [0.717, 1.165) is 16.9 Å². The lowest BCUT2D eigenvalue weighted by Crippen LogP contribution is -3.00. The average molecular weight is 274 g/mol. The predicted octanol–water partition coefficient (Wildman–Crippen LogP) is 0.00530. The highest BCUT2D eigenvalue weighted by Gasteiger charge is 2.01. The number of nitrogens with zero attached hydrogens (tertiary/aromatic N) is 2. The summed E-state index contributed by atoms with van der Waals surface area (Å²) in [6.45, 7) is 0. The zero-order valence-electron chi connectivity index (χ0n) is 8.55. The van der Waals surface area contributed by atoms with Gasteiger partial charge in [-0.25, -0.2) is 4.98 Å². The lowest BCUT2D eigenvalue weighted by Gasteiger charge is -1.92. The maximum absolute atomic E-state index is 4.55. The van der Waals surface area contributed by atoms with Gasteiger partial charge in [-0.15, -0.1) is 0 Å². The van der Waals surface area contributed by atoms with E-state index in [1.165, 1.54) is 0 Å². The maximum atomic E-state index is 4.55. The molecule has 0 amide bonds. The van der Waals surface area contributed by atoms with Crippen molar-refractivity contribution < 1.29 is 17.0 Å². The molecule has 0 unspecified atom stereocenters. The third kappa shape index (κ3) is 1.86. The van der Waals surface area contributed by atoms with Crippen LogP contribution in [0.25, 0.3) is 16.9 Å². The monoisotopic (exact) mass is 273 g/mol. The van der Waals surface area contributed by atoms with Gasteiger partial charge in [0.1, 0.15) is 5.65 Å². The smallest absolute Gasteiger partial charge is 0.137 e. The zero-order chi connectivity index (χ0) is 10.1. The molecule has 0 saturated carbocycles. The van der Waals surface area contributed by atoms with E-state index in [-0.39, 0.29) is 17.0 Å². The fourth-order valence-corrected chi connectivity index (χ4v) is 1.68. The van der Waals surface area contributed by atoms with E-state index in [4.69, 9.17) is 0 Å². The number of imidazole rings is 1. The Balaban J connectivity index is 0.000000963. The molecule has 2 aromatic heterocycles. The largest absolute Gasteiger partial charge is 1.00 e. The molecule has 3 heteroatoms. The molecule has 80 valence electrons. The molecule has 0 bridgehead atoms. The van der Waals surface area contributed by atoms with Crippen LogP contribution in [0, 0.1) is 0 Å². The topological polar surface area (TPSA) is 17.3 Å². The number of rotatable bonds is 1. The van der Waals surface area contributed by atoms with Crippen LogP contribution in [-0.2, 0) is 0 Å². The fraction of sp³-hybridized carbons (Fsp3) is 0. The van der Waals surface area contributed by atoms with Crippen molar-refractivity contribution in [3.05, 3.63) is 60.9 Å². The quantitative estimate of drug-likeness (QED) is 0.611. The molecule has 0 aliphatic heterocycles. The summed E-state index contributed by atoms with van der Waals surface area (Å²) in [6, 6.07) is 16.2. The Bertz CT molecular complexity index is 554. The molecule has 3 rings (SSSR count). The van der Waals surface area contributed by atoms with Gasteiger partial charge in [0.25, 0.3) is 0 Å². The van der Waals surface area contributed by atoms with Gasteiger partial charge in [-0.3, -0.25) is 0 Å². The molecule has 2 nitrogen and oxygen atoms in total. The second-order valence-corrected chi connectivity index (χ2v) is 3.46. The Morgan fingerprint density at radius 2 is 1.62 bits per heavy atom. The molecular weight excluding hydrogens is 264 g/mol. The Kier molecular flexibility index (Phi) is 3.06. The molecule has 0 fully saturated rings. The van der Waals surface area contributed by atoms with E-state index in [1.807, 2.05) is 53.2 Å². The summed E-state index contributed by atoms with van der Waals surface area (Å²) in [5.41, 5.74) is 3.15. The molecule has 16 heavy (non-hydrogen) atoms. The van der Waals surface area contributed by atoms with Crippen LogP contribution in [0.15, 0.2) is 60.9 Å². The summed E-state index contributed by atoms with van der Waals surface area (Å²) >= 11 is 0. The van der Waals surface area contributed by atoms with Crippen molar-refractivity contribution in [3.63, 3.8) is 0 Å². The van der Waals surface area contributed by atoms with E-state index in [1.54, 1.807) is 0 Å². The van der Waals surface area contributed by atoms with Crippen LogP contribution in [0.5, 0.6) is 0 Å². The summed E-state index contributed by atoms with van der Waals surface area (Å²) in [6.07, 6.45) is 4.06. The summed E-state index contributed by atoms with van der Waals surface area (Å²) in [4.78, 5) is 4.55. The van der Waals surface area contributed by atoms with Crippen molar-refractivity contribution in [1.29, 1.82) is 0 Å². The minimum Gasteiger partial charge on any atom is -1.00 e. The van der Waals surface area contributed by atoms with Gasteiger partial charge in [0.05, 0.1) is 5.69 Å². The van der Waals surface area contributed by atoms with Crippen molar-refractivity contribution in [1.82, 2.24) is 9.38 Å². The lowest BCUT2D eigenvalue weighted by molar-refractivity contribution is -0.00000302. The highest BCUT2D eigenvalue weighted by Crippen LogP contribution is 2.17. The van der Waals surface area contributed by atoms with E-state index in [0.29, 0.717) is 0 Å². The molecule has 0 radical (unpaired) electrons. The van der Waals surface area contributed by atoms with Crippen molar-refractivity contribution in [2.24, 2.45) is 0 Å². The molecule has 1 aromatic carbocycles. The first-order valence-electron chi connectivity index (χ1n) is 4.93. The number of halogens is 1. The van der Waals surface area contributed by atoms with Crippen LogP contribution in [0.4, 0.5) is 0 Å². The van der Waals surface area contributed by atoms with Gasteiger partial charge < -0.3 is 21.4 Å². The number of benzene rings is 1. The molecule has 0 spiro atoms. The van der Waals surface area contributed by atoms with Crippen LogP contribution < -0.4 is 17.0 Å². The van der Waals surface area contributed by atoms with Crippen LogP contribution in [0.2, 0.25) is 0 Å². The second-order valence-electron chi connectivity index (χ2n) is 3.46. The molecule has 0 aliphatic rings. The van der Waals surface area contributed by atoms with Gasteiger partial charge >= 0.3 is 0 Å². The van der Waals surface area contributed by atoms with Gasteiger partial charge in [0, 0.05) is 18.0 Å². The summed E-state index contributed by atoms with van der Waals surface area (Å²) in [5.74, 6) is 0. The number of pyridine rings is 1. The van der Waals surface area contributed by atoms with Crippen molar-refractivity contribution in [2.75, 3.05) is 0 Å². The second kappa shape index (κ2) is 4.49. The Morgan fingerprint density at radius 1 is 0.875 bits per heavy atom. The minimum absolute atomic E-state index is 0. The lowest BCUT2D eigenvalue weighted by atomic mass is 10.2. The van der Waals surface area contributed by atoms with E-state index >= 15 is 0 Å². The normalized spacial score (nSPS) is 10.0. The Hall–Kier alpha value is -1.61. The first-order chi connectivity index (χ1) is 7.43. The van der Waals surface area contributed by atoms with Gasteiger partial charge in [-0.1, -0.05) is 36.4 Å². The van der Waals surface area contributed by atoms with Gasteiger partial charge in [0.2, 0.25) is 0 Å². The molecule has 2 heterocycles. The molecule has 0 saturated heterocycles. The average Bonchev–Trinajstić information content (AvgIpc) is 2.74. The standard InChI is InChI=1S/C13H10N2.BrH/c1-2-6-11(7-3-1)12-10-15-9-5-4-8-13(15)14-12;/h1-10H;1H/p-1. The maximum Gasteiger partial charge on any atom is 0.137 e. The van der Waals surface area contributed by atoms with Crippen molar-refractivity contribution >= 4 is 5.65 Å². The van der Waals surface area contributed by atoms with Gasteiger partial charge in [-0.05, 0) is 12.1 Å². The summed E-state index contributed by atoms with van der Waals surface area (Å²) in [5, 5.41) is 0. The number of aromatic nitrogens is 2. The van der Waals surface area contributed by atoms with Crippen LogP contribution in [0.1, 0.15) is 0 Å². The highest BCUT2D eigenvalue weighted by atomic mass is 79.9. The Labute approximate surface area is 104 Å². The van der Waals surface area contributed by atoms with Crippen LogP contribution >= 0.6 is 0 Å². The van der Waals surface area contributed by atoms with Crippen LogP contribution in [0.3, 0.4) is 0 Å². The van der Waals surface area contributed by atoms with Gasteiger partial charge in [0.15, 0.2) is 0 Å². The predicted molar refractivity (Wildman–Crippen MR) is 60.6 cm³/mol. The number of fused-ring (bicyclic) bond motifs is 1. The van der Waals surface area contributed by atoms with E-state index in [9.17, 15) is 0 Å². The number of hydrogen-bond acceptors (Lipinski definition) is 1. The summed E-state index contributed by atoms with van der Waals surface area (Å²) < 4.78 is 2.03. The zero-order valence-corrected chi connectivity index (χ0v) is 10.1. The molecule has 0 N–H and O–H groups in total. The van der Waals surface area contributed by atoms with E-state index in [2.05, 4.69) is 17.1 Å². The van der Waals surface area contributed by atoms with Crippen molar-refractivity contribution in [2.45, 2.75) is 0 Å². The molecule has 0 aliphatic carbocycles. The minimum atomic E-state index is 0. The van der Waals surface area contributed by atoms with E-state index < -0.39 is 0 Å². The Morgan fingerprint density at radius 3 is 2.38 bits per heavy atom. The summed E-state index contributed by atoms with van der Waals surface area (Å²) in [7, 11) is 0. The molecular formula is C13H10BrN2-. The first kappa shape index (κ1) is 10.9. The van der Waals surface area contributed by atoms with Crippen LogP contribution in [-0.4, -0.2) is 9.38 Å². The first-order valence-corrected chi connectivity index (χ1v) is 4.93.